The standard InChI is InChI=1S/C18H26O2/c1-18(2,3)15-11-9-14(10-12-15)17(20)16(19)13-7-5-4-6-8-13/h4-8,14-15,17,20H,9-12H2,1-3H3. The average Bonchev–Trinajstić information content (AvgIpc) is 2.46. The van der Waals surface area contributed by atoms with Gasteiger partial charge in [-0.2, -0.15) is 0 Å². The monoisotopic (exact) mass is 274 g/mol. The van der Waals surface area contributed by atoms with Crippen LogP contribution >= 0.6 is 0 Å². The van der Waals surface area contributed by atoms with Gasteiger partial charge in [-0.1, -0.05) is 51.1 Å². The van der Waals surface area contributed by atoms with Gasteiger partial charge < -0.3 is 5.11 Å². The van der Waals surface area contributed by atoms with Crippen molar-refractivity contribution in [2.24, 2.45) is 17.3 Å². The van der Waals surface area contributed by atoms with Gasteiger partial charge in [-0.3, -0.25) is 4.79 Å². The summed E-state index contributed by atoms with van der Waals surface area (Å²) >= 11 is 0. The van der Waals surface area contributed by atoms with E-state index in [1.807, 2.05) is 18.2 Å². The molecule has 0 saturated heterocycles. The van der Waals surface area contributed by atoms with Crippen molar-refractivity contribution in [3.05, 3.63) is 35.9 Å². The van der Waals surface area contributed by atoms with Crippen molar-refractivity contribution in [3.63, 3.8) is 0 Å². The van der Waals surface area contributed by atoms with Gasteiger partial charge in [0.25, 0.3) is 0 Å². The Morgan fingerprint density at radius 3 is 2.15 bits per heavy atom. The van der Waals surface area contributed by atoms with Crippen molar-refractivity contribution in [2.75, 3.05) is 0 Å². The fraction of sp³-hybridized carbons (Fsp3) is 0.611. The molecule has 0 amide bonds. The molecule has 110 valence electrons. The predicted octanol–water partition coefficient (Wildman–Crippen LogP) is 4.08. The predicted molar refractivity (Wildman–Crippen MR) is 81.7 cm³/mol. The molecule has 1 fully saturated rings. The summed E-state index contributed by atoms with van der Waals surface area (Å²) in [5.41, 5.74) is 0.956. The van der Waals surface area contributed by atoms with Gasteiger partial charge in [-0.15, -0.1) is 0 Å². The van der Waals surface area contributed by atoms with Gasteiger partial charge in [-0.25, -0.2) is 0 Å². The van der Waals surface area contributed by atoms with Crippen molar-refractivity contribution >= 4 is 5.78 Å². The summed E-state index contributed by atoms with van der Waals surface area (Å²) in [6, 6.07) is 9.14. The summed E-state index contributed by atoms with van der Waals surface area (Å²) in [5.74, 6) is 0.712. The number of carbonyl (C=O) groups excluding carboxylic acids is 1. The number of rotatable bonds is 3. The van der Waals surface area contributed by atoms with E-state index >= 15 is 0 Å². The highest BCUT2D eigenvalue weighted by Gasteiger charge is 2.34. The normalized spacial score (nSPS) is 25.2. The Balaban J connectivity index is 1.95. The van der Waals surface area contributed by atoms with Crippen LogP contribution in [0.4, 0.5) is 0 Å². The van der Waals surface area contributed by atoms with Crippen LogP contribution in [0.25, 0.3) is 0 Å². The molecule has 0 heterocycles. The number of carbonyl (C=O) groups is 1. The van der Waals surface area contributed by atoms with Crippen molar-refractivity contribution in [2.45, 2.75) is 52.6 Å². The van der Waals surface area contributed by atoms with Crippen LogP contribution in [0.3, 0.4) is 0 Å². The molecule has 1 atom stereocenters. The zero-order valence-corrected chi connectivity index (χ0v) is 12.8. The number of ketones is 1. The SMILES string of the molecule is CC(C)(C)C1CCC(C(O)C(=O)c2ccccc2)CC1. The van der Waals surface area contributed by atoms with Crippen LogP contribution in [0.1, 0.15) is 56.8 Å². The maximum absolute atomic E-state index is 12.3. The zero-order chi connectivity index (χ0) is 14.8. The number of benzene rings is 1. The van der Waals surface area contributed by atoms with Gasteiger partial charge >= 0.3 is 0 Å². The minimum absolute atomic E-state index is 0.121. The third-order valence-electron chi connectivity index (χ3n) is 4.77. The Bertz CT molecular complexity index is 436. The number of aliphatic hydroxyl groups excluding tert-OH is 1. The molecule has 0 aromatic heterocycles. The summed E-state index contributed by atoms with van der Waals surface area (Å²) in [7, 11) is 0. The number of hydrogen-bond acceptors (Lipinski definition) is 2. The van der Waals surface area contributed by atoms with Crippen molar-refractivity contribution < 1.29 is 9.90 Å². The Labute approximate surface area is 122 Å². The molecular formula is C18H26O2. The molecule has 1 unspecified atom stereocenters. The van der Waals surface area contributed by atoms with Crippen LogP contribution in [0.15, 0.2) is 30.3 Å². The Morgan fingerprint density at radius 1 is 1.10 bits per heavy atom. The molecule has 2 rings (SSSR count). The van der Waals surface area contributed by atoms with E-state index in [0.29, 0.717) is 16.9 Å². The largest absolute Gasteiger partial charge is 0.385 e. The second-order valence-electron chi connectivity index (χ2n) is 7.15. The van der Waals surface area contributed by atoms with Crippen molar-refractivity contribution in [1.29, 1.82) is 0 Å². The second kappa shape index (κ2) is 6.09. The Morgan fingerprint density at radius 2 is 1.65 bits per heavy atom. The first-order valence-corrected chi connectivity index (χ1v) is 7.67. The van der Waals surface area contributed by atoms with E-state index in [-0.39, 0.29) is 11.7 Å². The van der Waals surface area contributed by atoms with E-state index in [1.54, 1.807) is 12.1 Å². The third-order valence-corrected chi connectivity index (χ3v) is 4.77. The Kier molecular flexibility index (Phi) is 4.64. The lowest BCUT2D eigenvalue weighted by Crippen LogP contribution is -2.35. The fourth-order valence-corrected chi connectivity index (χ4v) is 3.29. The molecule has 0 radical (unpaired) electrons. The summed E-state index contributed by atoms with van der Waals surface area (Å²) in [5, 5.41) is 10.3. The molecule has 1 saturated carbocycles. The van der Waals surface area contributed by atoms with Crippen LogP contribution < -0.4 is 0 Å². The van der Waals surface area contributed by atoms with Gasteiger partial charge in [0.15, 0.2) is 5.78 Å². The average molecular weight is 274 g/mol. The fourth-order valence-electron chi connectivity index (χ4n) is 3.29. The minimum atomic E-state index is -0.835. The summed E-state index contributed by atoms with van der Waals surface area (Å²) in [4.78, 5) is 12.3. The molecule has 1 aliphatic carbocycles. The van der Waals surface area contributed by atoms with Gasteiger partial charge in [0.1, 0.15) is 6.10 Å². The molecule has 2 heteroatoms. The van der Waals surface area contributed by atoms with E-state index in [2.05, 4.69) is 20.8 Å². The Hall–Kier alpha value is -1.15. The highest BCUT2D eigenvalue weighted by atomic mass is 16.3. The molecule has 20 heavy (non-hydrogen) atoms. The summed E-state index contributed by atoms with van der Waals surface area (Å²) < 4.78 is 0. The van der Waals surface area contributed by atoms with Gasteiger partial charge in [0.05, 0.1) is 0 Å². The smallest absolute Gasteiger partial charge is 0.191 e. The van der Waals surface area contributed by atoms with E-state index < -0.39 is 6.10 Å². The lowest BCUT2D eigenvalue weighted by molar-refractivity contribution is 0.0418. The van der Waals surface area contributed by atoms with Crippen LogP contribution in [0.5, 0.6) is 0 Å². The van der Waals surface area contributed by atoms with Crippen LogP contribution in [-0.2, 0) is 0 Å². The molecule has 0 spiro atoms. The molecule has 1 aromatic carbocycles. The summed E-state index contributed by atoms with van der Waals surface area (Å²) in [6.45, 7) is 6.84. The van der Waals surface area contributed by atoms with Crippen LogP contribution in [0.2, 0.25) is 0 Å². The molecule has 0 aliphatic heterocycles. The van der Waals surface area contributed by atoms with Crippen molar-refractivity contribution in [3.8, 4) is 0 Å². The first kappa shape index (κ1) is 15.2. The molecule has 1 N–H and O–H groups in total. The van der Waals surface area contributed by atoms with E-state index in [4.69, 9.17) is 0 Å². The highest BCUT2D eigenvalue weighted by molar-refractivity contribution is 5.99. The number of aliphatic hydroxyl groups is 1. The van der Waals surface area contributed by atoms with Gasteiger partial charge in [0.2, 0.25) is 0 Å². The lowest BCUT2D eigenvalue weighted by Gasteiger charge is -2.38. The van der Waals surface area contributed by atoms with Crippen LogP contribution in [0, 0.1) is 17.3 Å². The van der Waals surface area contributed by atoms with E-state index in [9.17, 15) is 9.90 Å². The number of hydrogen-bond donors (Lipinski definition) is 1. The molecule has 1 aromatic rings. The quantitative estimate of drug-likeness (QED) is 0.843. The van der Waals surface area contributed by atoms with E-state index in [1.165, 1.54) is 0 Å². The maximum atomic E-state index is 12.3. The second-order valence-corrected chi connectivity index (χ2v) is 7.15. The minimum Gasteiger partial charge on any atom is -0.385 e. The van der Waals surface area contributed by atoms with Gasteiger partial charge in [-0.05, 0) is 42.9 Å². The topological polar surface area (TPSA) is 37.3 Å². The first-order chi connectivity index (χ1) is 9.39. The maximum Gasteiger partial charge on any atom is 0.191 e. The summed E-state index contributed by atoms with van der Waals surface area (Å²) in [6.07, 6.45) is 3.32. The lowest BCUT2D eigenvalue weighted by atomic mass is 9.68. The zero-order valence-electron chi connectivity index (χ0n) is 12.8. The van der Waals surface area contributed by atoms with E-state index in [0.717, 1.165) is 25.7 Å². The van der Waals surface area contributed by atoms with Crippen molar-refractivity contribution in [1.82, 2.24) is 0 Å². The molecular weight excluding hydrogens is 248 g/mol. The molecule has 0 bridgehead atoms. The molecule has 1 aliphatic rings. The highest BCUT2D eigenvalue weighted by Crippen LogP contribution is 2.40. The first-order valence-electron chi connectivity index (χ1n) is 7.67. The van der Waals surface area contributed by atoms with Crippen LogP contribution in [-0.4, -0.2) is 17.0 Å². The number of Topliss-reactive ketones (excluding diaryl/α,β-unsaturated/α-hetero) is 1. The van der Waals surface area contributed by atoms with Gasteiger partial charge in [0, 0.05) is 5.56 Å². The third kappa shape index (κ3) is 3.49. The molecule has 2 nitrogen and oxygen atoms in total.